The van der Waals surface area contributed by atoms with Crippen LogP contribution in [0.5, 0.6) is 0 Å². The molecule has 1 aliphatic heterocycles. The first kappa shape index (κ1) is 15.7. The third-order valence-electron chi connectivity index (χ3n) is 3.26. The Balaban J connectivity index is 0.00000112. The van der Waals surface area contributed by atoms with E-state index in [1.165, 1.54) is 18.4 Å². The lowest BCUT2D eigenvalue weighted by Gasteiger charge is -2.38. The Kier molecular flexibility index (Phi) is 7.00. The molecule has 0 aromatic heterocycles. The van der Waals surface area contributed by atoms with E-state index in [0.29, 0.717) is 0 Å². The highest BCUT2D eigenvalue weighted by molar-refractivity contribution is 5.85. The van der Waals surface area contributed by atoms with E-state index in [-0.39, 0.29) is 30.4 Å². The van der Waals surface area contributed by atoms with E-state index in [1.807, 2.05) is 0 Å². The summed E-state index contributed by atoms with van der Waals surface area (Å²) in [4.78, 5) is 0. The maximum absolute atomic E-state index is 3.49. The van der Waals surface area contributed by atoms with Crippen molar-refractivity contribution >= 4 is 24.8 Å². The van der Waals surface area contributed by atoms with Gasteiger partial charge in [0.05, 0.1) is 0 Å². The second-order valence-corrected chi connectivity index (χ2v) is 3.95. The van der Waals surface area contributed by atoms with Crippen LogP contribution in [0.25, 0.3) is 0 Å². The van der Waals surface area contributed by atoms with Crippen molar-refractivity contribution in [3.63, 3.8) is 0 Å². The van der Waals surface area contributed by atoms with Gasteiger partial charge in [0.25, 0.3) is 0 Å². The van der Waals surface area contributed by atoms with Crippen LogP contribution < -0.4 is 10.6 Å². The van der Waals surface area contributed by atoms with Crippen LogP contribution in [0.4, 0.5) is 0 Å². The summed E-state index contributed by atoms with van der Waals surface area (Å²) in [5.41, 5.74) is 1.62. The number of piperidine rings is 1. The summed E-state index contributed by atoms with van der Waals surface area (Å²) in [7, 11) is 2.07. The molecule has 1 aliphatic rings. The van der Waals surface area contributed by atoms with E-state index < -0.39 is 0 Å². The lowest BCUT2D eigenvalue weighted by Crippen LogP contribution is -2.48. The van der Waals surface area contributed by atoms with Gasteiger partial charge in [-0.2, -0.15) is 0 Å². The fourth-order valence-electron chi connectivity index (χ4n) is 2.29. The highest BCUT2D eigenvalue weighted by Gasteiger charge is 2.31. The highest BCUT2D eigenvalue weighted by atomic mass is 35.5. The van der Waals surface area contributed by atoms with Crippen molar-refractivity contribution in [3.8, 4) is 0 Å². The summed E-state index contributed by atoms with van der Waals surface area (Å²) in [5, 5.41) is 6.90. The smallest absolute Gasteiger partial charge is 0.0456 e. The van der Waals surface area contributed by atoms with Gasteiger partial charge in [-0.05, 0) is 38.5 Å². The van der Waals surface area contributed by atoms with Crippen molar-refractivity contribution < 1.29 is 0 Å². The zero-order valence-electron chi connectivity index (χ0n) is 9.53. The first-order valence-corrected chi connectivity index (χ1v) is 5.32. The Morgan fingerprint density at radius 3 is 2.12 bits per heavy atom. The number of nitrogens with one attached hydrogen (secondary N) is 2. The maximum atomic E-state index is 3.49. The molecule has 0 bridgehead atoms. The number of benzene rings is 1. The molecular formula is C12H20Cl2N2. The minimum atomic E-state index is 0. The largest absolute Gasteiger partial charge is 0.317 e. The van der Waals surface area contributed by atoms with Crippen LogP contribution in [0, 0.1) is 0 Å². The molecule has 1 heterocycles. The molecule has 0 spiro atoms. The van der Waals surface area contributed by atoms with Crippen LogP contribution in [0.1, 0.15) is 18.4 Å². The average molecular weight is 263 g/mol. The Hall–Kier alpha value is -0.280. The van der Waals surface area contributed by atoms with Crippen LogP contribution in [0.2, 0.25) is 0 Å². The fourth-order valence-corrected chi connectivity index (χ4v) is 2.29. The molecule has 92 valence electrons. The van der Waals surface area contributed by atoms with Crippen LogP contribution in [0.15, 0.2) is 30.3 Å². The SMILES string of the molecule is CNC1(c2ccccc2)CCNCC1.Cl.Cl. The van der Waals surface area contributed by atoms with Crippen LogP contribution in [-0.4, -0.2) is 20.1 Å². The quantitative estimate of drug-likeness (QED) is 0.855. The van der Waals surface area contributed by atoms with E-state index in [4.69, 9.17) is 0 Å². The summed E-state index contributed by atoms with van der Waals surface area (Å²) in [6.45, 7) is 2.21. The second-order valence-electron chi connectivity index (χ2n) is 3.95. The molecule has 0 amide bonds. The predicted molar refractivity (Wildman–Crippen MR) is 73.8 cm³/mol. The molecule has 0 saturated carbocycles. The van der Waals surface area contributed by atoms with Gasteiger partial charge in [-0.1, -0.05) is 30.3 Å². The van der Waals surface area contributed by atoms with E-state index in [9.17, 15) is 0 Å². The van der Waals surface area contributed by atoms with Crippen LogP contribution in [0.3, 0.4) is 0 Å². The lowest BCUT2D eigenvalue weighted by atomic mass is 9.82. The molecule has 0 aliphatic carbocycles. The van der Waals surface area contributed by atoms with Crippen LogP contribution >= 0.6 is 24.8 Å². The lowest BCUT2D eigenvalue weighted by molar-refractivity contribution is 0.263. The van der Waals surface area contributed by atoms with Gasteiger partial charge < -0.3 is 10.6 Å². The highest BCUT2D eigenvalue weighted by Crippen LogP contribution is 2.29. The Morgan fingerprint density at radius 1 is 1.06 bits per heavy atom. The van der Waals surface area contributed by atoms with Crippen molar-refractivity contribution in [2.75, 3.05) is 20.1 Å². The summed E-state index contributed by atoms with van der Waals surface area (Å²) in [5.74, 6) is 0. The van der Waals surface area contributed by atoms with Gasteiger partial charge >= 0.3 is 0 Å². The molecule has 1 saturated heterocycles. The van der Waals surface area contributed by atoms with Gasteiger partial charge in [-0.3, -0.25) is 0 Å². The number of hydrogen-bond donors (Lipinski definition) is 2. The molecule has 4 heteroatoms. The summed E-state index contributed by atoms with van der Waals surface area (Å²) < 4.78 is 0. The summed E-state index contributed by atoms with van der Waals surface area (Å²) in [6, 6.07) is 10.8. The minimum absolute atomic E-state index is 0. The molecular weight excluding hydrogens is 243 g/mol. The van der Waals surface area contributed by atoms with Crippen molar-refractivity contribution in [1.82, 2.24) is 10.6 Å². The summed E-state index contributed by atoms with van der Waals surface area (Å²) in [6.07, 6.45) is 2.35. The summed E-state index contributed by atoms with van der Waals surface area (Å²) >= 11 is 0. The fraction of sp³-hybridized carbons (Fsp3) is 0.500. The van der Waals surface area contributed by atoms with Gasteiger partial charge in [0, 0.05) is 5.54 Å². The molecule has 0 radical (unpaired) electrons. The number of halogens is 2. The van der Waals surface area contributed by atoms with E-state index in [0.717, 1.165) is 13.1 Å². The molecule has 2 N–H and O–H groups in total. The average Bonchev–Trinajstić information content (AvgIpc) is 2.31. The normalized spacial score (nSPS) is 18.1. The van der Waals surface area contributed by atoms with Crippen molar-refractivity contribution in [3.05, 3.63) is 35.9 Å². The molecule has 2 nitrogen and oxygen atoms in total. The van der Waals surface area contributed by atoms with Gasteiger partial charge in [-0.25, -0.2) is 0 Å². The zero-order valence-corrected chi connectivity index (χ0v) is 11.2. The van der Waals surface area contributed by atoms with Gasteiger partial charge in [0.2, 0.25) is 0 Å². The van der Waals surface area contributed by atoms with E-state index >= 15 is 0 Å². The molecule has 1 aromatic carbocycles. The van der Waals surface area contributed by atoms with Gasteiger partial charge in [0.15, 0.2) is 0 Å². The molecule has 0 unspecified atom stereocenters. The topological polar surface area (TPSA) is 24.1 Å². The standard InChI is InChI=1S/C12H18N2.2ClH/c1-13-12(7-9-14-10-8-12)11-5-3-2-4-6-11;;/h2-6,13-14H,7-10H2,1H3;2*1H. The van der Waals surface area contributed by atoms with Crippen molar-refractivity contribution in [1.29, 1.82) is 0 Å². The number of hydrogen-bond acceptors (Lipinski definition) is 2. The minimum Gasteiger partial charge on any atom is -0.317 e. The van der Waals surface area contributed by atoms with Crippen molar-refractivity contribution in [2.45, 2.75) is 18.4 Å². The zero-order chi connectivity index (χ0) is 9.86. The third kappa shape index (κ3) is 3.11. The Labute approximate surface area is 110 Å². The Bertz CT molecular complexity index is 284. The van der Waals surface area contributed by atoms with Crippen molar-refractivity contribution in [2.24, 2.45) is 0 Å². The molecule has 1 aromatic rings. The first-order valence-electron chi connectivity index (χ1n) is 5.32. The third-order valence-corrected chi connectivity index (χ3v) is 3.26. The monoisotopic (exact) mass is 262 g/mol. The molecule has 16 heavy (non-hydrogen) atoms. The van der Waals surface area contributed by atoms with Gasteiger partial charge in [-0.15, -0.1) is 24.8 Å². The first-order chi connectivity index (χ1) is 6.87. The number of rotatable bonds is 2. The van der Waals surface area contributed by atoms with Gasteiger partial charge in [0.1, 0.15) is 0 Å². The predicted octanol–water partition coefficient (Wildman–Crippen LogP) is 2.33. The molecule has 2 rings (SSSR count). The molecule has 1 fully saturated rings. The van der Waals surface area contributed by atoms with E-state index in [1.54, 1.807) is 0 Å². The van der Waals surface area contributed by atoms with Crippen LogP contribution in [-0.2, 0) is 5.54 Å². The second kappa shape index (κ2) is 7.13. The maximum Gasteiger partial charge on any atom is 0.0456 e. The molecule has 0 atom stereocenters. The Morgan fingerprint density at radius 2 is 1.62 bits per heavy atom. The van der Waals surface area contributed by atoms with E-state index in [2.05, 4.69) is 48.0 Å².